The monoisotopic (exact) mass is 273 g/mol. The third-order valence-corrected chi connectivity index (χ3v) is 3.38. The Labute approximate surface area is 118 Å². The summed E-state index contributed by atoms with van der Waals surface area (Å²) >= 11 is 0. The number of carboxylic acid groups (broad SMARTS) is 1. The zero-order chi connectivity index (χ0) is 14.9. The van der Waals surface area contributed by atoms with Crippen LogP contribution in [0.15, 0.2) is 24.3 Å². The van der Waals surface area contributed by atoms with E-state index in [1.54, 1.807) is 7.11 Å². The number of aryl methyl sites for hydroxylation is 1. The zero-order valence-corrected chi connectivity index (χ0v) is 12.2. The highest BCUT2D eigenvalue weighted by atomic mass is 16.5. The first-order chi connectivity index (χ1) is 9.43. The predicted octanol–water partition coefficient (Wildman–Crippen LogP) is 3.61. The number of allylic oxidation sites excluding steroid dienone is 1. The molecule has 0 amide bonds. The van der Waals surface area contributed by atoms with E-state index >= 15 is 0 Å². The number of fused-ring (bicyclic) bond motifs is 1. The van der Waals surface area contributed by atoms with E-state index in [4.69, 9.17) is 9.84 Å². The fourth-order valence-electron chi connectivity index (χ4n) is 2.47. The van der Waals surface area contributed by atoms with Crippen LogP contribution in [0.3, 0.4) is 0 Å². The lowest BCUT2D eigenvalue weighted by molar-refractivity contribution is -0.131. The van der Waals surface area contributed by atoms with Crippen molar-refractivity contribution in [3.05, 3.63) is 35.5 Å². The average molecular weight is 273 g/mol. The van der Waals surface area contributed by atoms with Gasteiger partial charge in [0.15, 0.2) is 0 Å². The third-order valence-electron chi connectivity index (χ3n) is 3.38. The molecule has 0 atom stereocenters. The van der Waals surface area contributed by atoms with Crippen molar-refractivity contribution in [1.82, 2.24) is 4.98 Å². The second-order valence-corrected chi connectivity index (χ2v) is 5.13. The molecule has 2 aromatic rings. The summed E-state index contributed by atoms with van der Waals surface area (Å²) in [5.74, 6) is -0.0449. The number of aromatic amines is 1. The number of ether oxygens (including phenoxy) is 1. The van der Waals surface area contributed by atoms with Crippen molar-refractivity contribution in [3.8, 4) is 5.75 Å². The standard InChI is InChI=1S/C16H19NO3/c1-9(2)12(8-15(18)19)16-10(3)17-14-6-5-11(20-4)7-13(14)16/h5-9,17H,1-4H3,(H,18,19)/b12-8+. The maximum Gasteiger partial charge on any atom is 0.328 e. The van der Waals surface area contributed by atoms with Crippen LogP contribution in [0.1, 0.15) is 25.1 Å². The van der Waals surface area contributed by atoms with Crippen LogP contribution in [0, 0.1) is 12.8 Å². The average Bonchev–Trinajstić information content (AvgIpc) is 2.70. The minimum atomic E-state index is -0.926. The van der Waals surface area contributed by atoms with Crippen LogP contribution in [0.25, 0.3) is 16.5 Å². The number of rotatable bonds is 4. The molecule has 4 nitrogen and oxygen atoms in total. The van der Waals surface area contributed by atoms with E-state index in [2.05, 4.69) is 4.98 Å². The van der Waals surface area contributed by atoms with Crippen LogP contribution in [0.2, 0.25) is 0 Å². The van der Waals surface area contributed by atoms with Gasteiger partial charge in [-0.15, -0.1) is 0 Å². The smallest absolute Gasteiger partial charge is 0.328 e. The molecule has 0 spiro atoms. The first-order valence-electron chi connectivity index (χ1n) is 6.55. The first kappa shape index (κ1) is 14.2. The highest BCUT2D eigenvalue weighted by Gasteiger charge is 2.17. The maximum absolute atomic E-state index is 11.1. The van der Waals surface area contributed by atoms with Crippen LogP contribution < -0.4 is 4.74 Å². The van der Waals surface area contributed by atoms with Gasteiger partial charge < -0.3 is 14.8 Å². The van der Waals surface area contributed by atoms with Crippen molar-refractivity contribution in [2.45, 2.75) is 20.8 Å². The van der Waals surface area contributed by atoms with E-state index in [0.717, 1.165) is 33.5 Å². The Morgan fingerprint density at radius 2 is 2.10 bits per heavy atom. The van der Waals surface area contributed by atoms with Gasteiger partial charge in [-0.2, -0.15) is 0 Å². The van der Waals surface area contributed by atoms with Crippen molar-refractivity contribution in [3.63, 3.8) is 0 Å². The number of methoxy groups -OCH3 is 1. The topological polar surface area (TPSA) is 62.3 Å². The van der Waals surface area contributed by atoms with Crippen molar-refractivity contribution >= 4 is 22.4 Å². The molecule has 0 bridgehead atoms. The highest BCUT2D eigenvalue weighted by molar-refractivity contribution is 6.00. The number of carboxylic acids is 1. The molecule has 0 unspecified atom stereocenters. The van der Waals surface area contributed by atoms with Gasteiger partial charge in [0, 0.05) is 28.2 Å². The summed E-state index contributed by atoms with van der Waals surface area (Å²) in [5, 5.41) is 10.1. The maximum atomic E-state index is 11.1. The SMILES string of the molecule is COc1ccc2[nH]c(C)c(/C(=C/C(=O)O)C(C)C)c2c1. The quantitative estimate of drug-likeness (QED) is 0.836. The summed E-state index contributed by atoms with van der Waals surface area (Å²) in [6.07, 6.45) is 1.29. The Hall–Kier alpha value is -2.23. The van der Waals surface area contributed by atoms with Crippen LogP contribution in [0.5, 0.6) is 5.75 Å². The number of hydrogen-bond donors (Lipinski definition) is 2. The molecule has 2 N–H and O–H groups in total. The fourth-order valence-corrected chi connectivity index (χ4v) is 2.47. The van der Waals surface area contributed by atoms with Gasteiger partial charge in [-0.3, -0.25) is 0 Å². The summed E-state index contributed by atoms with van der Waals surface area (Å²) in [5.41, 5.74) is 3.72. The number of aromatic nitrogens is 1. The van der Waals surface area contributed by atoms with Crippen LogP contribution in [0.4, 0.5) is 0 Å². The molecule has 1 aromatic carbocycles. The van der Waals surface area contributed by atoms with Gasteiger partial charge in [0.1, 0.15) is 5.75 Å². The Morgan fingerprint density at radius 3 is 2.65 bits per heavy atom. The summed E-state index contributed by atoms with van der Waals surface area (Å²) in [6.45, 7) is 5.94. The van der Waals surface area contributed by atoms with Gasteiger partial charge in [-0.1, -0.05) is 13.8 Å². The second kappa shape index (κ2) is 5.41. The Balaban J connectivity index is 2.73. The van der Waals surface area contributed by atoms with Crippen LogP contribution in [-0.4, -0.2) is 23.2 Å². The molecule has 1 aromatic heterocycles. The summed E-state index contributed by atoms with van der Waals surface area (Å²) in [6, 6.07) is 5.77. The molecule has 20 heavy (non-hydrogen) atoms. The highest BCUT2D eigenvalue weighted by Crippen LogP contribution is 2.34. The molecule has 0 aliphatic carbocycles. The minimum absolute atomic E-state index is 0.120. The van der Waals surface area contributed by atoms with Crippen molar-refractivity contribution < 1.29 is 14.6 Å². The largest absolute Gasteiger partial charge is 0.497 e. The predicted molar refractivity (Wildman–Crippen MR) is 80.0 cm³/mol. The van der Waals surface area contributed by atoms with E-state index in [0.29, 0.717) is 0 Å². The van der Waals surface area contributed by atoms with Gasteiger partial charge in [0.05, 0.1) is 7.11 Å². The number of nitrogens with one attached hydrogen (secondary N) is 1. The van der Waals surface area contributed by atoms with E-state index in [-0.39, 0.29) is 5.92 Å². The van der Waals surface area contributed by atoms with Gasteiger partial charge in [-0.05, 0) is 36.6 Å². The minimum Gasteiger partial charge on any atom is -0.497 e. The second-order valence-electron chi connectivity index (χ2n) is 5.13. The van der Waals surface area contributed by atoms with Gasteiger partial charge in [0.25, 0.3) is 0 Å². The van der Waals surface area contributed by atoms with Crippen LogP contribution >= 0.6 is 0 Å². The molecule has 0 fully saturated rings. The third kappa shape index (κ3) is 2.54. The number of carbonyl (C=O) groups is 1. The van der Waals surface area contributed by atoms with E-state index in [1.165, 1.54) is 6.08 Å². The van der Waals surface area contributed by atoms with Gasteiger partial charge in [-0.25, -0.2) is 4.79 Å². The number of benzene rings is 1. The number of H-pyrrole nitrogens is 1. The molecule has 0 saturated carbocycles. The lowest BCUT2D eigenvalue weighted by atomic mass is 9.92. The summed E-state index contributed by atoms with van der Waals surface area (Å²) in [7, 11) is 1.62. The summed E-state index contributed by atoms with van der Waals surface area (Å²) < 4.78 is 5.26. The van der Waals surface area contributed by atoms with E-state index < -0.39 is 5.97 Å². The summed E-state index contributed by atoms with van der Waals surface area (Å²) in [4.78, 5) is 14.4. The Bertz CT molecular complexity index is 680. The fraction of sp³-hybridized carbons (Fsp3) is 0.312. The molecule has 0 radical (unpaired) electrons. The van der Waals surface area contributed by atoms with Crippen molar-refractivity contribution in [2.75, 3.05) is 7.11 Å². The number of hydrogen-bond acceptors (Lipinski definition) is 2. The molecule has 1 heterocycles. The van der Waals surface area contributed by atoms with E-state index in [9.17, 15) is 4.79 Å². The van der Waals surface area contributed by atoms with E-state index in [1.807, 2.05) is 39.0 Å². The lowest BCUT2D eigenvalue weighted by Gasteiger charge is -2.12. The molecule has 4 heteroatoms. The first-order valence-corrected chi connectivity index (χ1v) is 6.55. The van der Waals surface area contributed by atoms with Crippen molar-refractivity contribution in [2.24, 2.45) is 5.92 Å². The molecule has 2 rings (SSSR count). The molecule has 0 aliphatic heterocycles. The van der Waals surface area contributed by atoms with Crippen molar-refractivity contribution in [1.29, 1.82) is 0 Å². The normalized spacial score (nSPS) is 12.2. The van der Waals surface area contributed by atoms with Crippen LogP contribution in [-0.2, 0) is 4.79 Å². The molecular formula is C16H19NO3. The Kier molecular flexibility index (Phi) is 3.84. The molecule has 0 saturated heterocycles. The Morgan fingerprint density at radius 1 is 1.40 bits per heavy atom. The lowest BCUT2D eigenvalue weighted by Crippen LogP contribution is -1.99. The number of aliphatic carboxylic acids is 1. The van der Waals surface area contributed by atoms with Gasteiger partial charge in [0.2, 0.25) is 0 Å². The van der Waals surface area contributed by atoms with Gasteiger partial charge >= 0.3 is 5.97 Å². The zero-order valence-electron chi connectivity index (χ0n) is 12.2. The molecule has 106 valence electrons. The molecule has 0 aliphatic rings. The molecular weight excluding hydrogens is 254 g/mol.